The minimum atomic E-state index is -0.991. The van der Waals surface area contributed by atoms with Gasteiger partial charge in [0, 0.05) is 6.54 Å². The van der Waals surface area contributed by atoms with Crippen molar-refractivity contribution in [1.29, 1.82) is 0 Å². The second kappa shape index (κ2) is 10.1. The summed E-state index contributed by atoms with van der Waals surface area (Å²) >= 11 is 0. The maximum atomic E-state index is 13.8. The lowest BCUT2D eigenvalue weighted by molar-refractivity contribution is -0.153. The molecule has 2 unspecified atom stereocenters. The van der Waals surface area contributed by atoms with Crippen molar-refractivity contribution in [1.82, 2.24) is 9.55 Å². The molecular formula is C26H31N3O4. The van der Waals surface area contributed by atoms with Gasteiger partial charge in [-0.15, -0.1) is 0 Å². The highest BCUT2D eigenvalue weighted by molar-refractivity contribution is 6.08. The van der Waals surface area contributed by atoms with Crippen LogP contribution < -0.4 is 9.64 Å². The number of ether oxygens (including phenoxy) is 2. The molecule has 0 saturated carbocycles. The van der Waals surface area contributed by atoms with Gasteiger partial charge in [0.05, 0.1) is 30.3 Å². The molecule has 0 bridgehead atoms. The van der Waals surface area contributed by atoms with Crippen LogP contribution >= 0.6 is 0 Å². The van der Waals surface area contributed by atoms with Crippen LogP contribution in [0.25, 0.3) is 11.0 Å². The number of benzene rings is 2. The van der Waals surface area contributed by atoms with Gasteiger partial charge in [0.1, 0.15) is 5.75 Å². The smallest absolute Gasteiger partial charge is 0.321 e. The molecule has 0 fully saturated rings. The van der Waals surface area contributed by atoms with Crippen LogP contribution in [-0.4, -0.2) is 41.2 Å². The lowest BCUT2D eigenvalue weighted by Crippen LogP contribution is -2.50. The van der Waals surface area contributed by atoms with Crippen LogP contribution in [-0.2, 0) is 14.3 Å². The SMILES string of the molecule is CCCCCN1C(=O)C(C(=O)OCC)C(c2ccc(OCC)cc2)n2c1nc1ccccc12. The van der Waals surface area contributed by atoms with E-state index in [-0.39, 0.29) is 12.5 Å². The van der Waals surface area contributed by atoms with E-state index in [0.717, 1.165) is 41.6 Å². The van der Waals surface area contributed by atoms with Crippen molar-refractivity contribution < 1.29 is 19.1 Å². The fourth-order valence-electron chi connectivity index (χ4n) is 4.51. The number of carbonyl (C=O) groups excluding carboxylic acids is 2. The van der Waals surface area contributed by atoms with E-state index in [2.05, 4.69) is 6.92 Å². The summed E-state index contributed by atoms with van der Waals surface area (Å²) in [6.45, 7) is 7.11. The Morgan fingerprint density at radius 3 is 2.45 bits per heavy atom. The number of carbonyl (C=O) groups is 2. The Labute approximate surface area is 194 Å². The van der Waals surface area contributed by atoms with E-state index in [1.54, 1.807) is 11.8 Å². The number of para-hydroxylation sites is 2. The first-order valence-electron chi connectivity index (χ1n) is 11.8. The van der Waals surface area contributed by atoms with Crippen molar-refractivity contribution in [2.24, 2.45) is 5.92 Å². The van der Waals surface area contributed by atoms with E-state index in [1.807, 2.05) is 60.0 Å². The highest BCUT2D eigenvalue weighted by Crippen LogP contribution is 2.41. The predicted molar refractivity (Wildman–Crippen MR) is 127 cm³/mol. The van der Waals surface area contributed by atoms with Crippen molar-refractivity contribution in [3.05, 3.63) is 54.1 Å². The number of unbranched alkanes of at least 4 members (excludes halogenated alkanes) is 2. The average molecular weight is 450 g/mol. The van der Waals surface area contributed by atoms with Gasteiger partial charge in [-0.05, 0) is 50.1 Å². The Morgan fingerprint density at radius 1 is 1.00 bits per heavy atom. The zero-order chi connectivity index (χ0) is 23.4. The van der Waals surface area contributed by atoms with Crippen LogP contribution in [0.5, 0.6) is 5.75 Å². The highest BCUT2D eigenvalue weighted by Gasteiger charge is 2.47. The molecule has 0 radical (unpaired) electrons. The molecule has 2 atom stereocenters. The van der Waals surface area contributed by atoms with E-state index < -0.39 is 17.9 Å². The number of rotatable bonds is 9. The molecule has 7 nitrogen and oxygen atoms in total. The first-order chi connectivity index (χ1) is 16.1. The standard InChI is InChI=1S/C26H31N3O4/c1-4-7-10-17-28-24(30)22(25(31)33-6-3)23(18-13-15-19(16-14-18)32-5-2)29-21-12-9-8-11-20(21)27-26(28)29/h8-9,11-16,22-23H,4-7,10,17H2,1-3H3. The second-order valence-electron chi connectivity index (χ2n) is 8.14. The normalized spacial score (nSPS) is 17.8. The summed E-state index contributed by atoms with van der Waals surface area (Å²) in [5, 5.41) is 0. The van der Waals surface area contributed by atoms with Crippen LogP contribution in [0.2, 0.25) is 0 Å². The Morgan fingerprint density at radius 2 is 1.76 bits per heavy atom. The maximum Gasteiger partial charge on any atom is 0.321 e. The summed E-state index contributed by atoms with van der Waals surface area (Å²) in [4.78, 5) is 33.4. The maximum absolute atomic E-state index is 13.8. The molecule has 1 aliphatic rings. The van der Waals surface area contributed by atoms with Gasteiger partial charge in [-0.25, -0.2) is 4.98 Å². The number of aromatic nitrogens is 2. The van der Waals surface area contributed by atoms with E-state index in [4.69, 9.17) is 14.5 Å². The van der Waals surface area contributed by atoms with Gasteiger partial charge in [0.15, 0.2) is 5.92 Å². The van der Waals surface area contributed by atoms with Crippen molar-refractivity contribution >= 4 is 28.9 Å². The van der Waals surface area contributed by atoms with Crippen molar-refractivity contribution in [3.63, 3.8) is 0 Å². The summed E-state index contributed by atoms with van der Waals surface area (Å²) in [7, 11) is 0. The lowest BCUT2D eigenvalue weighted by Gasteiger charge is -2.38. The number of hydrogen-bond acceptors (Lipinski definition) is 5. The van der Waals surface area contributed by atoms with E-state index in [9.17, 15) is 9.59 Å². The summed E-state index contributed by atoms with van der Waals surface area (Å²) in [6.07, 6.45) is 2.87. The molecule has 0 saturated heterocycles. The number of nitrogens with zero attached hydrogens (tertiary/aromatic N) is 3. The minimum absolute atomic E-state index is 0.214. The Bertz CT molecular complexity index is 1120. The van der Waals surface area contributed by atoms with Crippen LogP contribution in [0.3, 0.4) is 0 Å². The number of esters is 1. The molecule has 3 aromatic rings. The van der Waals surface area contributed by atoms with Gasteiger partial charge in [-0.2, -0.15) is 0 Å². The Hall–Kier alpha value is -3.35. The van der Waals surface area contributed by atoms with E-state index >= 15 is 0 Å². The van der Waals surface area contributed by atoms with Gasteiger partial charge in [0.2, 0.25) is 11.9 Å². The molecule has 1 amide bonds. The predicted octanol–water partition coefficient (Wildman–Crippen LogP) is 4.74. The molecule has 4 rings (SSSR count). The van der Waals surface area contributed by atoms with Crippen LogP contribution in [0.4, 0.5) is 5.95 Å². The number of fused-ring (bicyclic) bond motifs is 3. The van der Waals surface area contributed by atoms with Gasteiger partial charge in [-0.3, -0.25) is 14.5 Å². The molecule has 2 aromatic carbocycles. The molecule has 33 heavy (non-hydrogen) atoms. The average Bonchev–Trinajstić information content (AvgIpc) is 3.20. The van der Waals surface area contributed by atoms with Crippen LogP contribution in [0, 0.1) is 5.92 Å². The second-order valence-corrected chi connectivity index (χ2v) is 8.14. The quantitative estimate of drug-likeness (QED) is 0.268. The van der Waals surface area contributed by atoms with Crippen molar-refractivity contribution in [2.45, 2.75) is 46.1 Å². The first kappa shape index (κ1) is 22.8. The van der Waals surface area contributed by atoms with Gasteiger partial charge < -0.3 is 14.0 Å². The monoisotopic (exact) mass is 449 g/mol. The van der Waals surface area contributed by atoms with Crippen molar-refractivity contribution in [3.8, 4) is 5.75 Å². The summed E-state index contributed by atoms with van der Waals surface area (Å²) in [5.41, 5.74) is 2.51. The van der Waals surface area contributed by atoms with E-state index in [0.29, 0.717) is 19.1 Å². The zero-order valence-corrected chi connectivity index (χ0v) is 19.5. The van der Waals surface area contributed by atoms with Crippen molar-refractivity contribution in [2.75, 3.05) is 24.7 Å². The summed E-state index contributed by atoms with van der Waals surface area (Å²) in [6, 6.07) is 14.8. The molecule has 7 heteroatoms. The molecular weight excluding hydrogens is 418 g/mol. The third-order valence-corrected chi connectivity index (χ3v) is 6.00. The third kappa shape index (κ3) is 4.32. The topological polar surface area (TPSA) is 73.7 Å². The Kier molecular flexibility index (Phi) is 6.96. The minimum Gasteiger partial charge on any atom is -0.494 e. The zero-order valence-electron chi connectivity index (χ0n) is 19.5. The molecule has 174 valence electrons. The fourth-order valence-corrected chi connectivity index (χ4v) is 4.51. The largest absolute Gasteiger partial charge is 0.494 e. The summed E-state index contributed by atoms with van der Waals surface area (Å²) < 4.78 is 13.0. The lowest BCUT2D eigenvalue weighted by atomic mass is 9.89. The molecule has 1 aromatic heterocycles. The first-order valence-corrected chi connectivity index (χ1v) is 11.8. The van der Waals surface area contributed by atoms with Crippen LogP contribution in [0.15, 0.2) is 48.5 Å². The van der Waals surface area contributed by atoms with Gasteiger partial charge >= 0.3 is 5.97 Å². The number of imidazole rings is 1. The van der Waals surface area contributed by atoms with Gasteiger partial charge in [-0.1, -0.05) is 44.0 Å². The molecule has 2 heterocycles. The Balaban J connectivity index is 1.89. The molecule has 0 N–H and O–H groups in total. The number of hydrogen-bond donors (Lipinski definition) is 0. The third-order valence-electron chi connectivity index (χ3n) is 6.00. The van der Waals surface area contributed by atoms with Gasteiger partial charge in [0.25, 0.3) is 0 Å². The fraction of sp³-hybridized carbons (Fsp3) is 0.423. The number of anilines is 1. The number of amides is 1. The molecule has 0 spiro atoms. The molecule has 0 aliphatic carbocycles. The summed E-state index contributed by atoms with van der Waals surface area (Å²) in [5.74, 6) is -0.434. The molecule has 1 aliphatic heterocycles. The highest BCUT2D eigenvalue weighted by atomic mass is 16.5. The van der Waals surface area contributed by atoms with Crippen LogP contribution in [0.1, 0.15) is 51.6 Å². The van der Waals surface area contributed by atoms with E-state index in [1.165, 1.54) is 0 Å².